The van der Waals surface area contributed by atoms with E-state index in [1.807, 2.05) is 31.5 Å². The number of nitrogens with one attached hydrogen (secondary N) is 1. The van der Waals surface area contributed by atoms with E-state index in [0.29, 0.717) is 5.56 Å². The second-order valence-electron chi connectivity index (χ2n) is 3.96. The fourth-order valence-corrected chi connectivity index (χ4v) is 1.98. The van der Waals surface area contributed by atoms with Gasteiger partial charge >= 0.3 is 0 Å². The van der Waals surface area contributed by atoms with Crippen LogP contribution in [-0.4, -0.2) is 19.6 Å². The van der Waals surface area contributed by atoms with Crippen LogP contribution in [0.4, 0.5) is 0 Å². The van der Waals surface area contributed by atoms with E-state index in [1.165, 1.54) is 4.68 Å². The largest absolute Gasteiger partial charge is 0.300 e. The molecule has 0 bridgehead atoms. The molecule has 2 aromatic heterocycles. The predicted molar refractivity (Wildman–Crippen MR) is 62.4 cm³/mol. The van der Waals surface area contributed by atoms with Gasteiger partial charge in [0.15, 0.2) is 0 Å². The van der Waals surface area contributed by atoms with Crippen molar-refractivity contribution in [2.75, 3.05) is 0 Å². The molecule has 0 aromatic carbocycles. The molecule has 16 heavy (non-hydrogen) atoms. The first-order valence-electron chi connectivity index (χ1n) is 5.35. The number of aromatic amines is 1. The van der Waals surface area contributed by atoms with Crippen LogP contribution in [0.5, 0.6) is 0 Å². The van der Waals surface area contributed by atoms with Gasteiger partial charge in [-0.15, -0.1) is 0 Å². The molecule has 0 unspecified atom stereocenters. The highest BCUT2D eigenvalue weighted by molar-refractivity contribution is 5.61. The van der Waals surface area contributed by atoms with Gasteiger partial charge in [-0.1, -0.05) is 0 Å². The van der Waals surface area contributed by atoms with Crippen molar-refractivity contribution in [3.05, 3.63) is 27.8 Å². The van der Waals surface area contributed by atoms with Crippen molar-refractivity contribution >= 4 is 0 Å². The zero-order chi connectivity index (χ0) is 11.9. The molecule has 0 amide bonds. The molecule has 5 nitrogen and oxygen atoms in total. The summed E-state index contributed by atoms with van der Waals surface area (Å²) in [7, 11) is 1.72. The lowest BCUT2D eigenvalue weighted by atomic mass is 10.2. The lowest BCUT2D eigenvalue weighted by molar-refractivity contribution is 0.659. The normalized spacial score (nSPS) is 11.0. The maximum Gasteiger partial charge on any atom is 0.275 e. The number of nitrogens with zero attached hydrogens (tertiary/aromatic N) is 3. The van der Waals surface area contributed by atoms with E-state index in [4.69, 9.17) is 0 Å². The van der Waals surface area contributed by atoms with Gasteiger partial charge in [0.2, 0.25) is 0 Å². The average molecular weight is 220 g/mol. The van der Waals surface area contributed by atoms with Crippen molar-refractivity contribution in [2.45, 2.75) is 27.3 Å². The van der Waals surface area contributed by atoms with E-state index in [2.05, 4.69) is 10.2 Å². The van der Waals surface area contributed by atoms with Gasteiger partial charge in [-0.2, -0.15) is 5.10 Å². The Labute approximate surface area is 93.7 Å². The van der Waals surface area contributed by atoms with Crippen molar-refractivity contribution in [1.29, 1.82) is 0 Å². The summed E-state index contributed by atoms with van der Waals surface area (Å²) in [5, 5.41) is 7.35. The molecule has 0 radical (unpaired) electrons. The fourth-order valence-electron chi connectivity index (χ4n) is 1.98. The Balaban J connectivity index is 2.71. The van der Waals surface area contributed by atoms with Gasteiger partial charge in [0.05, 0.1) is 17.0 Å². The lowest BCUT2D eigenvalue weighted by Gasteiger charge is -2.01. The molecule has 86 valence electrons. The molecule has 0 aliphatic heterocycles. The minimum Gasteiger partial charge on any atom is -0.300 e. The standard InChI is InChI=1S/C11H16N4O/c1-5-15-9(6-7(2)12-15)10-8(3)13-14(4)11(10)16/h6,13H,5H2,1-4H3. The minimum atomic E-state index is -0.00731. The van der Waals surface area contributed by atoms with Crippen LogP contribution >= 0.6 is 0 Å². The molecule has 2 rings (SSSR count). The third kappa shape index (κ3) is 1.48. The molecule has 0 saturated carbocycles. The van der Waals surface area contributed by atoms with Gasteiger partial charge in [-0.05, 0) is 26.8 Å². The van der Waals surface area contributed by atoms with Crippen molar-refractivity contribution in [1.82, 2.24) is 19.6 Å². The van der Waals surface area contributed by atoms with Crippen LogP contribution in [0.25, 0.3) is 11.3 Å². The molecule has 5 heteroatoms. The van der Waals surface area contributed by atoms with Crippen LogP contribution in [0.15, 0.2) is 10.9 Å². The molecule has 1 N–H and O–H groups in total. The average Bonchev–Trinajstić information content (AvgIpc) is 2.69. The topological polar surface area (TPSA) is 55.6 Å². The van der Waals surface area contributed by atoms with Crippen LogP contribution in [0.1, 0.15) is 18.3 Å². The summed E-state index contributed by atoms with van der Waals surface area (Å²) in [6.07, 6.45) is 0. The monoisotopic (exact) mass is 220 g/mol. The van der Waals surface area contributed by atoms with Gasteiger partial charge in [0, 0.05) is 19.3 Å². The summed E-state index contributed by atoms with van der Waals surface area (Å²) in [5.74, 6) is 0. The number of rotatable bonds is 2. The molecular formula is C11H16N4O. The Kier molecular flexibility index (Phi) is 2.46. The van der Waals surface area contributed by atoms with Gasteiger partial charge in [-0.3, -0.25) is 19.3 Å². The number of aromatic nitrogens is 4. The van der Waals surface area contributed by atoms with E-state index in [0.717, 1.165) is 23.6 Å². The Morgan fingerprint density at radius 1 is 1.44 bits per heavy atom. The zero-order valence-corrected chi connectivity index (χ0v) is 10.0. The van der Waals surface area contributed by atoms with Crippen LogP contribution in [0, 0.1) is 13.8 Å². The van der Waals surface area contributed by atoms with Crippen molar-refractivity contribution in [3.8, 4) is 11.3 Å². The van der Waals surface area contributed by atoms with Crippen molar-refractivity contribution in [3.63, 3.8) is 0 Å². The van der Waals surface area contributed by atoms with Crippen LogP contribution < -0.4 is 5.56 Å². The molecule has 0 aliphatic carbocycles. The van der Waals surface area contributed by atoms with Crippen LogP contribution in [0.2, 0.25) is 0 Å². The number of H-pyrrole nitrogens is 1. The third-order valence-electron chi connectivity index (χ3n) is 2.69. The van der Waals surface area contributed by atoms with Gasteiger partial charge < -0.3 is 0 Å². The number of hydrogen-bond donors (Lipinski definition) is 1. The zero-order valence-electron chi connectivity index (χ0n) is 10.0. The second kappa shape index (κ2) is 3.66. The van der Waals surface area contributed by atoms with E-state index in [-0.39, 0.29) is 5.56 Å². The molecular weight excluding hydrogens is 204 g/mol. The summed E-state index contributed by atoms with van der Waals surface area (Å²) in [5.41, 5.74) is 3.40. The highest BCUT2D eigenvalue weighted by Crippen LogP contribution is 2.19. The highest BCUT2D eigenvalue weighted by Gasteiger charge is 2.16. The highest BCUT2D eigenvalue weighted by atomic mass is 16.1. The first-order chi connectivity index (χ1) is 7.54. The van der Waals surface area contributed by atoms with E-state index in [1.54, 1.807) is 7.05 Å². The Bertz CT molecular complexity index is 573. The van der Waals surface area contributed by atoms with Gasteiger partial charge in [0.25, 0.3) is 5.56 Å². The molecule has 2 heterocycles. The summed E-state index contributed by atoms with van der Waals surface area (Å²) >= 11 is 0. The third-order valence-corrected chi connectivity index (χ3v) is 2.69. The summed E-state index contributed by atoms with van der Waals surface area (Å²) < 4.78 is 3.35. The maximum absolute atomic E-state index is 12.0. The second-order valence-corrected chi connectivity index (χ2v) is 3.96. The molecule has 0 atom stereocenters. The molecule has 0 saturated heterocycles. The van der Waals surface area contributed by atoms with Gasteiger partial charge in [0.1, 0.15) is 0 Å². The lowest BCUT2D eigenvalue weighted by Crippen LogP contribution is -2.14. The van der Waals surface area contributed by atoms with Crippen molar-refractivity contribution in [2.24, 2.45) is 7.05 Å². The van der Waals surface area contributed by atoms with E-state index < -0.39 is 0 Å². The SMILES string of the molecule is CCn1nc(C)cc1-c1c(C)[nH]n(C)c1=O. The van der Waals surface area contributed by atoms with E-state index in [9.17, 15) is 4.79 Å². The van der Waals surface area contributed by atoms with Gasteiger partial charge in [-0.25, -0.2) is 0 Å². The predicted octanol–water partition coefficient (Wildman–Crippen LogP) is 1.21. The Hall–Kier alpha value is -1.78. The summed E-state index contributed by atoms with van der Waals surface area (Å²) in [6, 6.07) is 1.95. The minimum absolute atomic E-state index is 0.00731. The Morgan fingerprint density at radius 2 is 2.12 bits per heavy atom. The first-order valence-corrected chi connectivity index (χ1v) is 5.35. The summed E-state index contributed by atoms with van der Waals surface area (Å²) in [4.78, 5) is 12.0. The van der Waals surface area contributed by atoms with Crippen molar-refractivity contribution < 1.29 is 0 Å². The molecule has 0 fully saturated rings. The molecule has 0 spiro atoms. The fraction of sp³-hybridized carbons (Fsp3) is 0.455. The molecule has 0 aliphatic rings. The Morgan fingerprint density at radius 3 is 2.62 bits per heavy atom. The maximum atomic E-state index is 12.0. The van der Waals surface area contributed by atoms with E-state index >= 15 is 0 Å². The smallest absolute Gasteiger partial charge is 0.275 e. The van der Waals surface area contributed by atoms with Crippen LogP contribution in [-0.2, 0) is 13.6 Å². The molecule has 2 aromatic rings. The first kappa shape index (κ1) is 10.7. The quantitative estimate of drug-likeness (QED) is 0.827. The number of aryl methyl sites for hydroxylation is 4. The van der Waals surface area contributed by atoms with Crippen LogP contribution in [0.3, 0.4) is 0 Å². The summed E-state index contributed by atoms with van der Waals surface area (Å²) in [6.45, 7) is 6.61. The number of hydrogen-bond acceptors (Lipinski definition) is 2.